The fourth-order valence-corrected chi connectivity index (χ4v) is 1.82. The van der Waals surface area contributed by atoms with Crippen molar-refractivity contribution in [2.75, 3.05) is 20.2 Å². The van der Waals surface area contributed by atoms with Crippen molar-refractivity contribution in [3.05, 3.63) is 34.1 Å². The predicted octanol–water partition coefficient (Wildman–Crippen LogP) is 2.22. The Kier molecular flexibility index (Phi) is 5.27. The first kappa shape index (κ1) is 14.6. The van der Waals surface area contributed by atoms with E-state index in [1.807, 2.05) is 0 Å². The Morgan fingerprint density at radius 1 is 1.44 bits per heavy atom. The van der Waals surface area contributed by atoms with Gasteiger partial charge in [0.25, 0.3) is 5.91 Å². The Hall–Kier alpha value is -1.43. The molecule has 0 unspecified atom stereocenters. The topological polar surface area (TPSA) is 46.6 Å². The van der Waals surface area contributed by atoms with E-state index in [0.717, 1.165) is 0 Å². The largest absolute Gasteiger partial charge is 0.468 e. The lowest BCUT2D eigenvalue weighted by Crippen LogP contribution is -2.36. The van der Waals surface area contributed by atoms with E-state index >= 15 is 0 Å². The molecule has 0 radical (unpaired) electrons. The van der Waals surface area contributed by atoms with E-state index in [4.69, 9.17) is 0 Å². The summed E-state index contributed by atoms with van der Waals surface area (Å²) in [5.74, 6) is -1.46. The third kappa shape index (κ3) is 3.29. The summed E-state index contributed by atoms with van der Waals surface area (Å²) >= 11 is 3.02. The molecule has 98 valence electrons. The van der Waals surface area contributed by atoms with Gasteiger partial charge in [-0.1, -0.05) is 6.07 Å². The highest BCUT2D eigenvalue weighted by Crippen LogP contribution is 2.21. The summed E-state index contributed by atoms with van der Waals surface area (Å²) < 4.78 is 17.9. The minimum Gasteiger partial charge on any atom is -0.468 e. The van der Waals surface area contributed by atoms with Gasteiger partial charge in [0.05, 0.1) is 17.1 Å². The van der Waals surface area contributed by atoms with Gasteiger partial charge in [-0.25, -0.2) is 4.39 Å². The van der Waals surface area contributed by atoms with Gasteiger partial charge in [0.1, 0.15) is 12.4 Å². The lowest BCUT2D eigenvalue weighted by Gasteiger charge is -2.20. The lowest BCUT2D eigenvalue weighted by atomic mass is 10.2. The molecule has 0 bridgehead atoms. The molecule has 4 nitrogen and oxygen atoms in total. The average Bonchev–Trinajstić information content (AvgIpc) is 2.38. The molecule has 0 aromatic heterocycles. The highest BCUT2D eigenvalue weighted by atomic mass is 79.9. The zero-order chi connectivity index (χ0) is 13.7. The van der Waals surface area contributed by atoms with E-state index in [2.05, 4.69) is 20.7 Å². The quantitative estimate of drug-likeness (QED) is 0.800. The van der Waals surface area contributed by atoms with Gasteiger partial charge in [-0.05, 0) is 35.0 Å². The van der Waals surface area contributed by atoms with E-state index in [9.17, 15) is 14.0 Å². The molecule has 0 N–H and O–H groups in total. The molecule has 1 aromatic rings. The van der Waals surface area contributed by atoms with Gasteiger partial charge in [0, 0.05) is 6.54 Å². The van der Waals surface area contributed by atoms with Crippen LogP contribution in [0.5, 0.6) is 0 Å². The van der Waals surface area contributed by atoms with E-state index in [0.29, 0.717) is 6.54 Å². The number of amides is 1. The van der Waals surface area contributed by atoms with Crippen molar-refractivity contribution in [3.8, 4) is 0 Å². The van der Waals surface area contributed by atoms with Crippen LogP contribution in [-0.4, -0.2) is 37.0 Å². The molecular weight excluding hydrogens is 305 g/mol. The highest BCUT2D eigenvalue weighted by Gasteiger charge is 2.20. The van der Waals surface area contributed by atoms with Gasteiger partial charge >= 0.3 is 5.97 Å². The van der Waals surface area contributed by atoms with Gasteiger partial charge in [0.15, 0.2) is 0 Å². The second-order valence-corrected chi connectivity index (χ2v) is 4.29. The van der Waals surface area contributed by atoms with E-state index < -0.39 is 17.7 Å². The first-order chi connectivity index (χ1) is 8.51. The number of ether oxygens (including phenoxy) is 1. The Labute approximate surface area is 113 Å². The molecule has 0 spiro atoms. The van der Waals surface area contributed by atoms with Gasteiger partial charge in [-0.2, -0.15) is 0 Å². The third-order valence-corrected chi connectivity index (χ3v) is 3.20. The van der Waals surface area contributed by atoms with E-state index in [1.54, 1.807) is 6.92 Å². The fourth-order valence-electron chi connectivity index (χ4n) is 1.39. The summed E-state index contributed by atoms with van der Waals surface area (Å²) in [6.45, 7) is 1.90. The molecule has 1 rings (SSSR count). The maximum atomic E-state index is 13.3. The summed E-state index contributed by atoms with van der Waals surface area (Å²) in [6.07, 6.45) is 0. The summed E-state index contributed by atoms with van der Waals surface area (Å²) in [6, 6.07) is 4.19. The minimum absolute atomic E-state index is 0.0957. The zero-order valence-electron chi connectivity index (χ0n) is 10.1. The molecule has 0 atom stereocenters. The summed E-state index contributed by atoms with van der Waals surface area (Å²) in [7, 11) is 1.25. The number of methoxy groups -OCH3 is 1. The van der Waals surface area contributed by atoms with E-state index in [-0.39, 0.29) is 16.6 Å². The molecular formula is C12H13BrFNO3. The molecule has 18 heavy (non-hydrogen) atoms. The number of benzene rings is 1. The molecule has 0 aliphatic rings. The Morgan fingerprint density at radius 3 is 2.67 bits per heavy atom. The number of carbonyl (C=O) groups excluding carboxylic acids is 2. The number of halogens is 2. The second kappa shape index (κ2) is 6.49. The van der Waals surface area contributed by atoms with Gasteiger partial charge in [0.2, 0.25) is 0 Å². The van der Waals surface area contributed by atoms with Crippen molar-refractivity contribution in [3.63, 3.8) is 0 Å². The van der Waals surface area contributed by atoms with Crippen LogP contribution >= 0.6 is 15.9 Å². The lowest BCUT2D eigenvalue weighted by molar-refractivity contribution is -0.141. The van der Waals surface area contributed by atoms with Gasteiger partial charge in [-0.3, -0.25) is 9.59 Å². The number of hydrogen-bond acceptors (Lipinski definition) is 3. The van der Waals surface area contributed by atoms with Crippen LogP contribution in [0.4, 0.5) is 4.39 Å². The Bertz CT molecular complexity index is 465. The van der Waals surface area contributed by atoms with Crippen molar-refractivity contribution < 1.29 is 18.7 Å². The number of esters is 1. The van der Waals surface area contributed by atoms with Crippen LogP contribution in [0.2, 0.25) is 0 Å². The summed E-state index contributed by atoms with van der Waals surface area (Å²) in [5.41, 5.74) is 0.181. The molecule has 0 heterocycles. The van der Waals surface area contributed by atoms with Crippen LogP contribution in [0.3, 0.4) is 0 Å². The Balaban J connectivity index is 2.97. The normalized spacial score (nSPS) is 10.0. The van der Waals surface area contributed by atoms with Crippen molar-refractivity contribution in [2.24, 2.45) is 0 Å². The number of nitrogens with zero attached hydrogens (tertiary/aromatic N) is 1. The molecule has 0 aliphatic heterocycles. The summed E-state index contributed by atoms with van der Waals surface area (Å²) in [4.78, 5) is 24.6. The zero-order valence-corrected chi connectivity index (χ0v) is 11.7. The molecule has 0 fully saturated rings. The minimum atomic E-state index is -0.519. The molecule has 1 amide bonds. The standard InChI is InChI=1S/C12H13BrFNO3/c1-3-15(7-10(16)18-2)12(17)8-5-4-6-9(14)11(8)13/h4-6H,3,7H2,1-2H3. The molecule has 1 aromatic carbocycles. The molecule has 0 saturated heterocycles. The van der Waals surface area contributed by atoms with Crippen molar-refractivity contribution >= 4 is 27.8 Å². The van der Waals surface area contributed by atoms with Crippen LogP contribution in [0.15, 0.2) is 22.7 Å². The number of rotatable bonds is 4. The summed E-state index contributed by atoms with van der Waals surface area (Å²) in [5, 5.41) is 0. The monoisotopic (exact) mass is 317 g/mol. The van der Waals surface area contributed by atoms with Crippen molar-refractivity contribution in [1.29, 1.82) is 0 Å². The molecule has 6 heteroatoms. The SMILES string of the molecule is CCN(CC(=O)OC)C(=O)c1cccc(F)c1Br. The van der Waals surface area contributed by atoms with Gasteiger partial charge in [-0.15, -0.1) is 0 Å². The maximum absolute atomic E-state index is 13.3. The molecule has 0 aliphatic carbocycles. The smallest absolute Gasteiger partial charge is 0.325 e. The van der Waals surface area contributed by atoms with Crippen molar-refractivity contribution in [1.82, 2.24) is 4.90 Å². The maximum Gasteiger partial charge on any atom is 0.325 e. The third-order valence-electron chi connectivity index (χ3n) is 2.40. The highest BCUT2D eigenvalue weighted by molar-refractivity contribution is 9.10. The fraction of sp³-hybridized carbons (Fsp3) is 0.333. The molecule has 0 saturated carbocycles. The van der Waals surface area contributed by atoms with Crippen LogP contribution < -0.4 is 0 Å². The Morgan fingerprint density at radius 2 is 2.11 bits per heavy atom. The average molecular weight is 318 g/mol. The second-order valence-electron chi connectivity index (χ2n) is 3.50. The number of carbonyl (C=O) groups is 2. The van der Waals surface area contributed by atoms with Gasteiger partial charge < -0.3 is 9.64 Å². The van der Waals surface area contributed by atoms with Crippen LogP contribution in [0, 0.1) is 5.82 Å². The van der Waals surface area contributed by atoms with E-state index in [1.165, 1.54) is 30.2 Å². The predicted molar refractivity (Wildman–Crippen MR) is 67.7 cm³/mol. The van der Waals surface area contributed by atoms with Crippen LogP contribution in [-0.2, 0) is 9.53 Å². The van der Waals surface area contributed by atoms with Crippen molar-refractivity contribution in [2.45, 2.75) is 6.92 Å². The first-order valence-corrected chi connectivity index (χ1v) is 6.10. The number of hydrogen-bond donors (Lipinski definition) is 0. The number of likely N-dealkylation sites (N-methyl/N-ethyl adjacent to an activating group) is 1. The van der Waals surface area contributed by atoms with Crippen LogP contribution in [0.25, 0.3) is 0 Å². The first-order valence-electron chi connectivity index (χ1n) is 5.31. The van der Waals surface area contributed by atoms with Crippen LogP contribution in [0.1, 0.15) is 17.3 Å².